The molecule has 0 unspecified atom stereocenters. The molecule has 0 aromatic rings. The normalized spacial score (nSPS) is 12.9. The van der Waals surface area contributed by atoms with Crippen LogP contribution >= 0.6 is 0 Å². The Kier molecular flexibility index (Phi) is 12.7. The molecule has 21 heavy (non-hydrogen) atoms. The van der Waals surface area contributed by atoms with Gasteiger partial charge in [0.15, 0.2) is 0 Å². The van der Waals surface area contributed by atoms with Crippen LogP contribution in [-0.4, -0.2) is 29.6 Å². The second kappa shape index (κ2) is 12.2. The van der Waals surface area contributed by atoms with E-state index in [1.807, 2.05) is 0 Å². The van der Waals surface area contributed by atoms with Gasteiger partial charge in [-0.15, -0.1) is 0 Å². The van der Waals surface area contributed by atoms with Gasteiger partial charge < -0.3 is 0 Å². The molecular weight excluding hydrogens is 363 g/mol. The van der Waals surface area contributed by atoms with Gasteiger partial charge in [-0.3, -0.25) is 0 Å². The summed E-state index contributed by atoms with van der Waals surface area (Å²) < 4.78 is 12.2. The first-order valence-corrected chi connectivity index (χ1v) is 17.5. The molecule has 0 aromatic carbocycles. The average Bonchev–Trinajstić information content (AvgIpc) is 2.43. The van der Waals surface area contributed by atoms with E-state index in [2.05, 4.69) is 41.5 Å². The molecule has 2 heteroatoms. The standard InChI is InChI=1S/C7H15O.3C4H9.Sn/c1-7(2,3)5-6-8-4;3*1-3-4-2;/h4-6H2,1-3H3;3*1,3-4H2,2H3;. The molecule has 0 aliphatic heterocycles. The second-order valence-electron chi connectivity index (χ2n) is 8.17. The van der Waals surface area contributed by atoms with Crippen molar-refractivity contribution in [2.24, 2.45) is 5.41 Å². The van der Waals surface area contributed by atoms with Crippen LogP contribution in [-0.2, 0) is 4.74 Å². The van der Waals surface area contributed by atoms with Gasteiger partial charge in [0.05, 0.1) is 0 Å². The van der Waals surface area contributed by atoms with Crippen LogP contribution in [0.5, 0.6) is 0 Å². The third-order valence-corrected chi connectivity index (χ3v) is 19.0. The van der Waals surface area contributed by atoms with Crippen LogP contribution in [0.2, 0.25) is 13.3 Å². The summed E-state index contributed by atoms with van der Waals surface area (Å²) in [5.41, 5.74) is 0.411. The zero-order valence-corrected chi connectivity index (χ0v) is 18.7. The van der Waals surface area contributed by atoms with Crippen molar-refractivity contribution in [3.05, 3.63) is 0 Å². The molecule has 128 valence electrons. The maximum absolute atomic E-state index is 6.26. The number of unbranched alkanes of at least 4 members (excludes halogenated alkanes) is 3. The first-order valence-electron chi connectivity index (χ1n) is 9.47. The van der Waals surface area contributed by atoms with Gasteiger partial charge in [-0.1, -0.05) is 0 Å². The summed E-state index contributed by atoms with van der Waals surface area (Å²) in [6.07, 6.45) is 9.63. The van der Waals surface area contributed by atoms with Gasteiger partial charge in [0.25, 0.3) is 0 Å². The quantitative estimate of drug-likeness (QED) is 0.241. The molecule has 0 saturated carbocycles. The van der Waals surface area contributed by atoms with Crippen molar-refractivity contribution in [3.63, 3.8) is 0 Å². The molecule has 0 saturated heterocycles. The Labute approximate surface area is 139 Å². The summed E-state index contributed by atoms with van der Waals surface area (Å²) in [4.78, 5) is 0. The Morgan fingerprint density at radius 1 is 0.762 bits per heavy atom. The summed E-state index contributed by atoms with van der Waals surface area (Å²) in [6.45, 7) is 15.0. The first-order chi connectivity index (χ1) is 9.89. The average molecular weight is 405 g/mol. The van der Waals surface area contributed by atoms with Crippen molar-refractivity contribution >= 4 is 18.4 Å². The van der Waals surface area contributed by atoms with Crippen LogP contribution in [0.25, 0.3) is 0 Å². The van der Waals surface area contributed by atoms with Gasteiger partial charge in [0.1, 0.15) is 0 Å². The molecule has 0 aromatic heterocycles. The van der Waals surface area contributed by atoms with Crippen LogP contribution in [0.1, 0.15) is 86.5 Å². The van der Waals surface area contributed by atoms with Crippen LogP contribution in [0.3, 0.4) is 0 Å². The van der Waals surface area contributed by atoms with Crippen LogP contribution in [0, 0.1) is 5.41 Å². The molecule has 0 aliphatic carbocycles. The van der Waals surface area contributed by atoms with E-state index in [1.165, 1.54) is 49.6 Å². The molecule has 1 nitrogen and oxygen atoms in total. The third-order valence-electron chi connectivity index (χ3n) is 4.59. The van der Waals surface area contributed by atoms with Crippen molar-refractivity contribution in [1.29, 1.82) is 0 Å². The fraction of sp³-hybridized carbons (Fsp3) is 1.00. The zero-order chi connectivity index (χ0) is 16.2. The molecule has 0 N–H and O–H groups in total. The Bertz CT molecular complexity index is 210. The predicted octanol–water partition coefficient (Wildman–Crippen LogP) is 6.83. The minimum atomic E-state index is -2.01. The van der Waals surface area contributed by atoms with Gasteiger partial charge in [-0.05, 0) is 0 Å². The van der Waals surface area contributed by atoms with E-state index in [0.29, 0.717) is 5.41 Å². The third kappa shape index (κ3) is 11.9. The molecule has 0 amide bonds. The molecule has 0 radical (unpaired) electrons. The van der Waals surface area contributed by atoms with Gasteiger partial charge in [0, 0.05) is 0 Å². The summed E-state index contributed by atoms with van der Waals surface area (Å²) in [7, 11) is 0. The molecule has 0 rings (SSSR count). The number of hydrogen-bond acceptors (Lipinski definition) is 1. The van der Waals surface area contributed by atoms with Crippen LogP contribution in [0.4, 0.5) is 0 Å². The monoisotopic (exact) mass is 406 g/mol. The van der Waals surface area contributed by atoms with Crippen LogP contribution < -0.4 is 0 Å². The first kappa shape index (κ1) is 21.8. The van der Waals surface area contributed by atoms with Crippen LogP contribution in [0.15, 0.2) is 0 Å². The zero-order valence-electron chi connectivity index (χ0n) is 15.9. The van der Waals surface area contributed by atoms with Gasteiger partial charge in [-0.25, -0.2) is 0 Å². The molecule has 0 aliphatic rings. The molecule has 0 fully saturated rings. The van der Waals surface area contributed by atoms with Crippen molar-refractivity contribution in [3.8, 4) is 0 Å². The second-order valence-corrected chi connectivity index (χ2v) is 21.8. The van der Waals surface area contributed by atoms with E-state index in [4.69, 9.17) is 4.74 Å². The van der Waals surface area contributed by atoms with Gasteiger partial charge in [0.2, 0.25) is 0 Å². The van der Waals surface area contributed by atoms with Crippen molar-refractivity contribution in [2.75, 3.05) is 11.2 Å². The molecule has 0 spiro atoms. The van der Waals surface area contributed by atoms with E-state index < -0.39 is 18.4 Å². The SMILES string of the molecule is CCC[CH2][Sn]([CH2]CCC)([CH2]CCC)[CH2]OCCC(C)(C)C. The van der Waals surface area contributed by atoms with Crippen molar-refractivity contribution in [2.45, 2.75) is 99.8 Å². The number of hydrogen-bond donors (Lipinski definition) is 0. The minimum absolute atomic E-state index is 0.411. The number of ether oxygens (including phenoxy) is 1. The van der Waals surface area contributed by atoms with E-state index in [0.717, 1.165) is 6.61 Å². The van der Waals surface area contributed by atoms with E-state index in [-0.39, 0.29) is 0 Å². The molecule has 0 heterocycles. The van der Waals surface area contributed by atoms with Crippen molar-refractivity contribution in [1.82, 2.24) is 0 Å². The Hall–Kier alpha value is 0.759. The maximum atomic E-state index is 6.26. The predicted molar refractivity (Wildman–Crippen MR) is 99.8 cm³/mol. The fourth-order valence-electron chi connectivity index (χ4n) is 2.91. The summed E-state index contributed by atoms with van der Waals surface area (Å²) >= 11 is -2.01. The van der Waals surface area contributed by atoms with E-state index in [9.17, 15) is 0 Å². The molecule has 0 bridgehead atoms. The number of rotatable bonds is 13. The van der Waals surface area contributed by atoms with Gasteiger partial charge in [-0.2, -0.15) is 0 Å². The Morgan fingerprint density at radius 2 is 1.19 bits per heavy atom. The summed E-state index contributed by atoms with van der Waals surface area (Å²) in [6, 6.07) is 0. The van der Waals surface area contributed by atoms with E-state index >= 15 is 0 Å². The topological polar surface area (TPSA) is 9.23 Å². The van der Waals surface area contributed by atoms with E-state index in [1.54, 1.807) is 13.3 Å². The molecule has 0 atom stereocenters. The van der Waals surface area contributed by atoms with Gasteiger partial charge >= 0.3 is 140 Å². The summed E-state index contributed by atoms with van der Waals surface area (Å²) in [5, 5.41) is 0. The Morgan fingerprint density at radius 3 is 1.52 bits per heavy atom. The molecular formula is C19H42OSn. The Balaban J connectivity index is 4.48. The van der Waals surface area contributed by atoms with Crippen molar-refractivity contribution < 1.29 is 4.74 Å². The summed E-state index contributed by atoms with van der Waals surface area (Å²) in [5.74, 6) is 0. The fourth-order valence-corrected chi connectivity index (χ4v) is 17.4.